The van der Waals surface area contributed by atoms with Gasteiger partial charge in [0.05, 0.1) is 12.4 Å². The van der Waals surface area contributed by atoms with Crippen LogP contribution in [0.2, 0.25) is 0 Å². The fourth-order valence-corrected chi connectivity index (χ4v) is 1.94. The average molecular weight is 238 g/mol. The molecule has 0 aromatic rings. The van der Waals surface area contributed by atoms with E-state index in [2.05, 4.69) is 17.0 Å². The van der Waals surface area contributed by atoms with Crippen molar-refractivity contribution in [3.63, 3.8) is 0 Å². The second-order valence-corrected chi connectivity index (χ2v) is 5.21. The molecule has 0 aromatic carbocycles. The number of sulfonamides is 1. The summed E-state index contributed by atoms with van der Waals surface area (Å²) in [5, 5.41) is 2.79. The maximum absolute atomic E-state index is 11.3. The molecule has 0 bridgehead atoms. The molecule has 0 spiro atoms. The smallest absolute Gasteiger partial charge is 0.212 e. The maximum atomic E-state index is 11.3. The Bertz CT molecular complexity index is 230. The van der Waals surface area contributed by atoms with Crippen LogP contribution in [0, 0.1) is 0 Å². The molecule has 0 aliphatic heterocycles. The Hall–Kier alpha value is -0.170. The lowest BCUT2D eigenvalue weighted by molar-refractivity contribution is 0.136. The van der Waals surface area contributed by atoms with Crippen LogP contribution < -0.4 is 10.0 Å². The number of ether oxygens (including phenoxy) is 1. The lowest BCUT2D eigenvalue weighted by Crippen LogP contribution is -2.33. The molecule has 0 fully saturated rings. The first-order chi connectivity index (χ1) is 7.12. The molecule has 6 heteroatoms. The minimum absolute atomic E-state index is 0.110. The van der Waals surface area contributed by atoms with E-state index < -0.39 is 10.0 Å². The topological polar surface area (TPSA) is 67.4 Å². The van der Waals surface area contributed by atoms with E-state index >= 15 is 0 Å². The van der Waals surface area contributed by atoms with Crippen molar-refractivity contribution in [2.75, 3.05) is 39.1 Å². The van der Waals surface area contributed by atoms with Crippen LogP contribution in [0.3, 0.4) is 0 Å². The van der Waals surface area contributed by atoms with Gasteiger partial charge < -0.3 is 10.1 Å². The first-order valence-electron chi connectivity index (χ1n) is 5.32. The highest BCUT2D eigenvalue weighted by atomic mass is 32.2. The average Bonchev–Trinajstić information content (AvgIpc) is 2.20. The van der Waals surface area contributed by atoms with Gasteiger partial charge in [0, 0.05) is 19.7 Å². The van der Waals surface area contributed by atoms with Crippen molar-refractivity contribution >= 4 is 10.0 Å². The molecule has 92 valence electrons. The third-order valence-electron chi connectivity index (χ3n) is 1.83. The standard InChI is InChI=1S/C9H22N2O3S/c1-3-4-7-14-8-5-11-15(12,13)9-6-10-2/h10-11H,3-9H2,1-2H3. The number of nitrogens with one attached hydrogen (secondary N) is 2. The highest BCUT2D eigenvalue weighted by Gasteiger charge is 2.07. The highest BCUT2D eigenvalue weighted by Crippen LogP contribution is 1.87. The third-order valence-corrected chi connectivity index (χ3v) is 3.22. The second-order valence-electron chi connectivity index (χ2n) is 3.28. The van der Waals surface area contributed by atoms with Crippen molar-refractivity contribution in [2.24, 2.45) is 0 Å². The third kappa shape index (κ3) is 10.1. The molecule has 0 heterocycles. The predicted octanol–water partition coefficient (Wildman–Crippen LogP) is -0.0581. The van der Waals surface area contributed by atoms with Crippen LogP contribution in [-0.4, -0.2) is 47.5 Å². The van der Waals surface area contributed by atoms with E-state index in [0.717, 1.165) is 12.8 Å². The van der Waals surface area contributed by atoms with Crippen LogP contribution in [0.15, 0.2) is 0 Å². The summed E-state index contributed by atoms with van der Waals surface area (Å²) < 4.78 is 30.3. The van der Waals surface area contributed by atoms with Gasteiger partial charge in [-0.2, -0.15) is 0 Å². The zero-order valence-electron chi connectivity index (χ0n) is 9.58. The van der Waals surface area contributed by atoms with Crippen molar-refractivity contribution in [3.05, 3.63) is 0 Å². The molecule has 2 N–H and O–H groups in total. The molecule has 0 unspecified atom stereocenters. The molecule has 0 aliphatic rings. The van der Waals surface area contributed by atoms with Crippen molar-refractivity contribution in [1.29, 1.82) is 0 Å². The Morgan fingerprint density at radius 1 is 1.20 bits per heavy atom. The number of rotatable bonds is 10. The number of unbranched alkanes of at least 4 members (excludes halogenated alkanes) is 1. The second kappa shape index (κ2) is 9.08. The van der Waals surface area contributed by atoms with E-state index in [1.54, 1.807) is 7.05 Å². The molecule has 0 saturated heterocycles. The Morgan fingerprint density at radius 2 is 1.93 bits per heavy atom. The first kappa shape index (κ1) is 14.8. The molecule has 5 nitrogen and oxygen atoms in total. The minimum Gasteiger partial charge on any atom is -0.380 e. The molecule has 0 atom stereocenters. The van der Waals surface area contributed by atoms with Crippen molar-refractivity contribution in [3.8, 4) is 0 Å². The van der Waals surface area contributed by atoms with Crippen molar-refractivity contribution in [1.82, 2.24) is 10.0 Å². The quantitative estimate of drug-likeness (QED) is 0.523. The van der Waals surface area contributed by atoms with Crippen molar-refractivity contribution in [2.45, 2.75) is 19.8 Å². The van der Waals surface area contributed by atoms with E-state index in [1.807, 2.05) is 0 Å². The number of hydrogen-bond acceptors (Lipinski definition) is 4. The van der Waals surface area contributed by atoms with E-state index in [-0.39, 0.29) is 5.75 Å². The van der Waals surface area contributed by atoms with E-state index in [4.69, 9.17) is 4.74 Å². The lowest BCUT2D eigenvalue weighted by atomic mass is 10.4. The van der Waals surface area contributed by atoms with Gasteiger partial charge in [0.25, 0.3) is 0 Å². The van der Waals surface area contributed by atoms with E-state index in [0.29, 0.717) is 26.3 Å². The minimum atomic E-state index is -3.13. The van der Waals surface area contributed by atoms with Crippen molar-refractivity contribution < 1.29 is 13.2 Å². The maximum Gasteiger partial charge on any atom is 0.212 e. The van der Waals surface area contributed by atoms with Crippen LogP contribution in [-0.2, 0) is 14.8 Å². The molecule has 0 saturated carbocycles. The summed E-state index contributed by atoms with van der Waals surface area (Å²) in [5.74, 6) is 0.110. The van der Waals surface area contributed by atoms with Crippen LogP contribution in [0.1, 0.15) is 19.8 Å². The zero-order chi connectivity index (χ0) is 11.6. The van der Waals surface area contributed by atoms with Gasteiger partial charge in [-0.3, -0.25) is 0 Å². The summed E-state index contributed by atoms with van der Waals surface area (Å²) >= 11 is 0. The molecular formula is C9H22N2O3S. The Balaban J connectivity index is 3.41. The van der Waals surface area contributed by atoms with E-state index in [9.17, 15) is 8.42 Å². The van der Waals surface area contributed by atoms with Gasteiger partial charge in [-0.15, -0.1) is 0 Å². The van der Waals surface area contributed by atoms with Crippen LogP contribution in [0.4, 0.5) is 0 Å². The fourth-order valence-electron chi connectivity index (χ4n) is 0.926. The molecule has 0 amide bonds. The molecule has 15 heavy (non-hydrogen) atoms. The van der Waals surface area contributed by atoms with Gasteiger partial charge in [-0.25, -0.2) is 13.1 Å². The zero-order valence-corrected chi connectivity index (χ0v) is 10.4. The van der Waals surface area contributed by atoms with Gasteiger partial charge in [-0.05, 0) is 13.5 Å². The lowest BCUT2D eigenvalue weighted by Gasteiger charge is -2.06. The summed E-state index contributed by atoms with van der Waals surface area (Å²) in [6.07, 6.45) is 2.11. The largest absolute Gasteiger partial charge is 0.380 e. The van der Waals surface area contributed by atoms with Gasteiger partial charge in [0.1, 0.15) is 0 Å². The SMILES string of the molecule is CCCCOCCNS(=O)(=O)CCNC. The van der Waals surface area contributed by atoms with Gasteiger partial charge >= 0.3 is 0 Å². The molecular weight excluding hydrogens is 216 g/mol. The normalized spacial score (nSPS) is 11.9. The van der Waals surface area contributed by atoms with Gasteiger partial charge in [0.2, 0.25) is 10.0 Å². The highest BCUT2D eigenvalue weighted by molar-refractivity contribution is 7.89. The fraction of sp³-hybridized carbons (Fsp3) is 1.00. The van der Waals surface area contributed by atoms with Crippen LogP contribution >= 0.6 is 0 Å². The van der Waals surface area contributed by atoms with Gasteiger partial charge in [0.15, 0.2) is 0 Å². The summed E-state index contributed by atoms with van der Waals surface area (Å²) in [4.78, 5) is 0. The Kier molecular flexibility index (Phi) is 8.98. The predicted molar refractivity (Wildman–Crippen MR) is 61.4 cm³/mol. The summed E-state index contributed by atoms with van der Waals surface area (Å²) in [7, 11) is -1.40. The number of hydrogen-bond donors (Lipinski definition) is 2. The molecule has 0 radical (unpaired) electrons. The van der Waals surface area contributed by atoms with Gasteiger partial charge in [-0.1, -0.05) is 13.3 Å². The molecule has 0 rings (SSSR count). The molecule has 0 aliphatic carbocycles. The van der Waals surface area contributed by atoms with E-state index in [1.165, 1.54) is 0 Å². The Labute approximate surface area is 92.6 Å². The van der Waals surface area contributed by atoms with Crippen LogP contribution in [0.5, 0.6) is 0 Å². The summed E-state index contributed by atoms with van der Waals surface area (Å²) in [5.41, 5.74) is 0. The first-order valence-corrected chi connectivity index (χ1v) is 6.97. The monoisotopic (exact) mass is 238 g/mol. The Morgan fingerprint density at radius 3 is 2.53 bits per heavy atom. The van der Waals surface area contributed by atoms with Crippen LogP contribution in [0.25, 0.3) is 0 Å². The summed E-state index contributed by atoms with van der Waals surface area (Å²) in [6.45, 7) is 4.05. The molecule has 0 aromatic heterocycles. The summed E-state index contributed by atoms with van der Waals surface area (Å²) in [6, 6.07) is 0.